The van der Waals surface area contributed by atoms with Crippen LogP contribution in [0.5, 0.6) is 0 Å². The van der Waals surface area contributed by atoms with Gasteiger partial charge in [0.15, 0.2) is 0 Å². The monoisotopic (exact) mass is 233 g/mol. The molecule has 1 aromatic carbocycles. The number of hydrogen-bond acceptors (Lipinski definition) is 4. The van der Waals surface area contributed by atoms with Crippen LogP contribution in [-0.4, -0.2) is 11.6 Å². The van der Waals surface area contributed by atoms with Gasteiger partial charge in [0.1, 0.15) is 6.61 Å². The van der Waals surface area contributed by atoms with E-state index in [1.54, 1.807) is 13.8 Å². The number of carbonyl (C=O) groups is 1. The predicted octanol–water partition coefficient (Wildman–Crippen LogP) is 2.40. The highest BCUT2D eigenvalue weighted by Gasteiger charge is 2.35. The van der Waals surface area contributed by atoms with Crippen molar-refractivity contribution in [2.75, 3.05) is 0 Å². The first-order valence-electron chi connectivity index (χ1n) is 5.40. The fourth-order valence-corrected chi connectivity index (χ4v) is 1.23. The number of hydrogen-bond donors (Lipinski definition) is 0. The molecule has 0 N–H and O–H groups in total. The molecule has 0 fully saturated rings. The van der Waals surface area contributed by atoms with Crippen molar-refractivity contribution in [3.63, 3.8) is 0 Å². The third-order valence-electron chi connectivity index (χ3n) is 2.59. The normalized spacial score (nSPS) is 13.2. The first kappa shape index (κ1) is 13.0. The molecule has 0 unspecified atom stereocenters. The lowest BCUT2D eigenvalue weighted by atomic mass is 10.0. The summed E-state index contributed by atoms with van der Waals surface area (Å²) in [6.45, 7) is 3.49. The summed E-state index contributed by atoms with van der Waals surface area (Å²) in [6, 6.07) is 9.35. The summed E-state index contributed by atoms with van der Waals surface area (Å²) in [5.74, 6) is -0.523. The molecule has 0 aliphatic carbocycles. The molecular formula is C13H15NO3. The molecule has 0 amide bonds. The van der Waals surface area contributed by atoms with Crippen molar-refractivity contribution in [3.8, 4) is 6.26 Å². The SMILES string of the molecule is CC[C@@](C)(OC#N)C(=O)OCc1ccccc1. The molecule has 0 saturated heterocycles. The average Bonchev–Trinajstić information content (AvgIpc) is 2.37. The Balaban J connectivity index is 2.58. The Bertz CT molecular complexity index is 410. The molecule has 0 heterocycles. The Hall–Kier alpha value is -2.02. The van der Waals surface area contributed by atoms with Crippen LogP contribution in [0, 0.1) is 11.5 Å². The van der Waals surface area contributed by atoms with Gasteiger partial charge in [-0.05, 0) is 18.9 Å². The second-order valence-electron chi connectivity index (χ2n) is 3.84. The third kappa shape index (κ3) is 3.49. The second-order valence-corrected chi connectivity index (χ2v) is 3.84. The number of esters is 1. The standard InChI is InChI=1S/C13H15NO3/c1-3-13(2,17-10-14)12(15)16-9-11-7-5-4-6-8-11/h4-8H,3,9H2,1-2H3/t13-/m1/s1. The smallest absolute Gasteiger partial charge is 0.351 e. The minimum atomic E-state index is -1.19. The Kier molecular flexibility index (Phi) is 4.53. The van der Waals surface area contributed by atoms with Crippen LogP contribution in [0.2, 0.25) is 0 Å². The molecule has 1 aromatic rings. The molecule has 90 valence electrons. The molecule has 0 spiro atoms. The molecule has 1 atom stereocenters. The van der Waals surface area contributed by atoms with Gasteiger partial charge in [0.05, 0.1) is 0 Å². The van der Waals surface area contributed by atoms with E-state index in [-0.39, 0.29) is 6.61 Å². The van der Waals surface area contributed by atoms with E-state index < -0.39 is 11.6 Å². The molecule has 0 aliphatic heterocycles. The van der Waals surface area contributed by atoms with Crippen LogP contribution in [0.15, 0.2) is 30.3 Å². The Morgan fingerprint density at radius 1 is 1.41 bits per heavy atom. The van der Waals surface area contributed by atoms with E-state index in [4.69, 9.17) is 14.7 Å². The number of nitriles is 1. The van der Waals surface area contributed by atoms with Gasteiger partial charge >= 0.3 is 5.97 Å². The van der Waals surface area contributed by atoms with Gasteiger partial charge in [0, 0.05) is 0 Å². The highest BCUT2D eigenvalue weighted by Crippen LogP contribution is 2.17. The summed E-state index contributed by atoms with van der Waals surface area (Å²) >= 11 is 0. The van der Waals surface area contributed by atoms with Crippen molar-refractivity contribution in [1.29, 1.82) is 5.26 Å². The first-order valence-corrected chi connectivity index (χ1v) is 5.40. The van der Waals surface area contributed by atoms with Crippen LogP contribution >= 0.6 is 0 Å². The number of rotatable bonds is 5. The highest BCUT2D eigenvalue weighted by atomic mass is 16.6. The van der Waals surface area contributed by atoms with Gasteiger partial charge < -0.3 is 9.47 Å². The van der Waals surface area contributed by atoms with Crippen LogP contribution in [0.3, 0.4) is 0 Å². The molecule has 0 aromatic heterocycles. The van der Waals surface area contributed by atoms with Crippen molar-refractivity contribution in [3.05, 3.63) is 35.9 Å². The Morgan fingerprint density at radius 2 is 2.06 bits per heavy atom. The maximum Gasteiger partial charge on any atom is 0.351 e. The minimum absolute atomic E-state index is 0.185. The van der Waals surface area contributed by atoms with Crippen molar-refractivity contribution < 1.29 is 14.3 Å². The van der Waals surface area contributed by atoms with Gasteiger partial charge in [-0.3, -0.25) is 0 Å². The lowest BCUT2D eigenvalue weighted by molar-refractivity contribution is -0.165. The summed E-state index contributed by atoms with van der Waals surface area (Å²) in [4.78, 5) is 11.8. The maximum absolute atomic E-state index is 11.8. The molecule has 0 radical (unpaired) electrons. The zero-order valence-electron chi connectivity index (χ0n) is 9.97. The number of carbonyl (C=O) groups excluding carboxylic acids is 1. The maximum atomic E-state index is 11.8. The molecule has 4 heteroatoms. The van der Waals surface area contributed by atoms with E-state index in [9.17, 15) is 4.79 Å². The van der Waals surface area contributed by atoms with Crippen LogP contribution < -0.4 is 0 Å². The largest absolute Gasteiger partial charge is 0.458 e. The van der Waals surface area contributed by atoms with Crippen molar-refractivity contribution in [2.45, 2.75) is 32.5 Å². The molecule has 0 aliphatic rings. The number of benzene rings is 1. The van der Waals surface area contributed by atoms with Crippen LogP contribution in [0.4, 0.5) is 0 Å². The van der Waals surface area contributed by atoms with Crippen LogP contribution in [0.25, 0.3) is 0 Å². The Morgan fingerprint density at radius 3 is 2.59 bits per heavy atom. The van der Waals surface area contributed by atoms with Gasteiger partial charge in [-0.15, -0.1) is 0 Å². The van der Waals surface area contributed by atoms with E-state index in [2.05, 4.69) is 0 Å². The van der Waals surface area contributed by atoms with E-state index in [1.165, 1.54) is 6.26 Å². The van der Waals surface area contributed by atoms with E-state index in [1.807, 2.05) is 30.3 Å². The first-order chi connectivity index (χ1) is 8.12. The van der Waals surface area contributed by atoms with E-state index >= 15 is 0 Å². The molecular weight excluding hydrogens is 218 g/mol. The van der Waals surface area contributed by atoms with Crippen molar-refractivity contribution in [1.82, 2.24) is 0 Å². The summed E-state index contributed by atoms with van der Waals surface area (Å²) in [6.07, 6.45) is 1.92. The molecule has 4 nitrogen and oxygen atoms in total. The summed E-state index contributed by atoms with van der Waals surface area (Å²) in [5.41, 5.74) is -0.292. The molecule has 1 rings (SSSR count). The highest BCUT2D eigenvalue weighted by molar-refractivity contribution is 5.79. The van der Waals surface area contributed by atoms with Gasteiger partial charge in [-0.1, -0.05) is 37.3 Å². The summed E-state index contributed by atoms with van der Waals surface area (Å²) < 4.78 is 9.88. The predicted molar refractivity (Wildman–Crippen MR) is 61.6 cm³/mol. The van der Waals surface area contributed by atoms with Gasteiger partial charge in [-0.25, -0.2) is 4.79 Å². The summed E-state index contributed by atoms with van der Waals surface area (Å²) in [5, 5.41) is 8.49. The van der Waals surface area contributed by atoms with Gasteiger partial charge in [0.25, 0.3) is 6.26 Å². The lowest BCUT2D eigenvalue weighted by Gasteiger charge is -2.22. The van der Waals surface area contributed by atoms with Crippen molar-refractivity contribution >= 4 is 5.97 Å². The zero-order chi connectivity index (χ0) is 12.7. The van der Waals surface area contributed by atoms with Crippen LogP contribution in [0.1, 0.15) is 25.8 Å². The second kappa shape index (κ2) is 5.90. The molecule has 17 heavy (non-hydrogen) atoms. The van der Waals surface area contributed by atoms with E-state index in [0.29, 0.717) is 6.42 Å². The van der Waals surface area contributed by atoms with Gasteiger partial charge in [-0.2, -0.15) is 5.26 Å². The van der Waals surface area contributed by atoms with E-state index in [0.717, 1.165) is 5.56 Å². The molecule has 0 bridgehead atoms. The van der Waals surface area contributed by atoms with Crippen molar-refractivity contribution in [2.24, 2.45) is 0 Å². The number of ether oxygens (including phenoxy) is 2. The Labute approximate surface area is 101 Å². The summed E-state index contributed by atoms with van der Waals surface area (Å²) in [7, 11) is 0. The zero-order valence-corrected chi connectivity index (χ0v) is 9.97. The van der Waals surface area contributed by atoms with Crippen LogP contribution in [-0.2, 0) is 20.9 Å². The third-order valence-corrected chi connectivity index (χ3v) is 2.59. The fraction of sp³-hybridized carbons (Fsp3) is 0.385. The fourth-order valence-electron chi connectivity index (χ4n) is 1.23. The van der Waals surface area contributed by atoms with Gasteiger partial charge in [0.2, 0.25) is 5.60 Å². The average molecular weight is 233 g/mol. The minimum Gasteiger partial charge on any atom is -0.458 e. The number of nitrogens with zero attached hydrogens (tertiary/aromatic N) is 1. The quantitative estimate of drug-likeness (QED) is 0.578. The lowest BCUT2D eigenvalue weighted by Crippen LogP contribution is -2.38. The topological polar surface area (TPSA) is 59.3 Å². The molecule has 0 saturated carbocycles.